The van der Waals surface area contributed by atoms with E-state index >= 15 is 0 Å². The second-order valence-electron chi connectivity index (χ2n) is 16.4. The molecule has 0 aromatic carbocycles. The number of allylic oxidation sites excluding steroid dienone is 6. The van der Waals surface area contributed by atoms with Crippen molar-refractivity contribution < 1.29 is 42.1 Å². The molecule has 9 nitrogen and oxygen atoms in total. The van der Waals surface area contributed by atoms with Gasteiger partial charge in [-0.1, -0.05) is 153 Å². The smallest absolute Gasteiger partial charge is 0.462 e. The van der Waals surface area contributed by atoms with E-state index in [0.717, 1.165) is 38.5 Å². The van der Waals surface area contributed by atoms with Crippen LogP contribution in [0.15, 0.2) is 36.5 Å². The van der Waals surface area contributed by atoms with Gasteiger partial charge >= 0.3 is 19.8 Å². The summed E-state index contributed by atoms with van der Waals surface area (Å²) in [5, 5.41) is 0. The van der Waals surface area contributed by atoms with Gasteiger partial charge in [-0.05, 0) is 64.2 Å². The summed E-state index contributed by atoms with van der Waals surface area (Å²) in [5.41, 5.74) is 0. The molecule has 56 heavy (non-hydrogen) atoms. The largest absolute Gasteiger partial charge is 0.472 e. The van der Waals surface area contributed by atoms with Crippen molar-refractivity contribution in [2.24, 2.45) is 0 Å². The number of phosphoric ester groups is 1. The molecule has 1 N–H and O–H groups in total. The maximum absolute atomic E-state index is 12.7. The van der Waals surface area contributed by atoms with E-state index in [4.69, 9.17) is 18.5 Å². The second kappa shape index (κ2) is 38.7. The summed E-state index contributed by atoms with van der Waals surface area (Å²) in [6.07, 6.45) is 43.5. The third-order valence-corrected chi connectivity index (χ3v) is 10.6. The van der Waals surface area contributed by atoms with Crippen LogP contribution in [0.4, 0.5) is 0 Å². The van der Waals surface area contributed by atoms with E-state index < -0.39 is 32.5 Å². The lowest BCUT2D eigenvalue weighted by atomic mass is 10.1. The van der Waals surface area contributed by atoms with Gasteiger partial charge in [-0.3, -0.25) is 18.6 Å². The number of hydrogen-bond acceptors (Lipinski definition) is 7. The van der Waals surface area contributed by atoms with E-state index in [1.54, 1.807) is 0 Å². The zero-order valence-electron chi connectivity index (χ0n) is 36.9. The van der Waals surface area contributed by atoms with E-state index in [9.17, 15) is 19.0 Å². The summed E-state index contributed by atoms with van der Waals surface area (Å²) in [6.45, 7) is 4.36. The number of phosphoric acid groups is 1. The summed E-state index contributed by atoms with van der Waals surface area (Å²) in [4.78, 5) is 35.3. The van der Waals surface area contributed by atoms with Crippen LogP contribution >= 0.6 is 7.82 Å². The van der Waals surface area contributed by atoms with Crippen LogP contribution in [-0.2, 0) is 32.7 Å². The molecule has 328 valence electrons. The first-order chi connectivity index (χ1) is 27.0. The van der Waals surface area contributed by atoms with Crippen LogP contribution in [0.5, 0.6) is 0 Å². The first-order valence-electron chi connectivity index (χ1n) is 22.7. The van der Waals surface area contributed by atoms with Crippen molar-refractivity contribution in [2.75, 3.05) is 47.5 Å². The quantitative estimate of drug-likeness (QED) is 0.0214. The van der Waals surface area contributed by atoms with E-state index in [-0.39, 0.29) is 26.1 Å². The molecular formula is C46H87NO8P+. The number of likely N-dealkylation sites (N-methyl/N-ethyl adjacent to an activating group) is 1. The highest BCUT2D eigenvalue weighted by molar-refractivity contribution is 7.47. The summed E-state index contributed by atoms with van der Waals surface area (Å²) < 4.78 is 34.2. The molecular weight excluding hydrogens is 725 g/mol. The Bertz CT molecular complexity index is 1050. The molecule has 2 atom stereocenters. The first kappa shape index (κ1) is 54.2. The number of carbonyl (C=O) groups excluding carboxylic acids is 2. The molecule has 0 rings (SSSR count). The minimum atomic E-state index is -4.39. The van der Waals surface area contributed by atoms with E-state index in [0.29, 0.717) is 23.9 Å². The molecule has 0 aromatic rings. The molecule has 1 unspecified atom stereocenters. The zero-order chi connectivity index (χ0) is 41.4. The highest BCUT2D eigenvalue weighted by Crippen LogP contribution is 2.43. The van der Waals surface area contributed by atoms with Gasteiger partial charge in [0.25, 0.3) is 0 Å². The van der Waals surface area contributed by atoms with E-state index in [2.05, 4.69) is 50.3 Å². The number of unbranched alkanes of at least 4 members (excludes halogenated alkanes) is 21. The average Bonchev–Trinajstić information content (AvgIpc) is 3.15. The topological polar surface area (TPSA) is 108 Å². The monoisotopic (exact) mass is 813 g/mol. The van der Waals surface area contributed by atoms with Gasteiger partial charge in [0, 0.05) is 12.8 Å². The van der Waals surface area contributed by atoms with Crippen LogP contribution in [0.3, 0.4) is 0 Å². The van der Waals surface area contributed by atoms with Crippen LogP contribution in [0.25, 0.3) is 0 Å². The predicted octanol–water partition coefficient (Wildman–Crippen LogP) is 12.9. The van der Waals surface area contributed by atoms with Crippen molar-refractivity contribution in [3.63, 3.8) is 0 Å². The SMILES string of the molecule is CCCCCCCCCCC/C=C/C/C=C/CCCC(=O)OC[C@H](COP(=O)(O)OCC[N+](C)(C)C)OC(=O)CCCC/C=C/CCCCCCCCCCC. The second-order valence-corrected chi connectivity index (χ2v) is 17.9. The number of ether oxygens (including phenoxy) is 2. The van der Waals surface area contributed by atoms with Gasteiger partial charge in [-0.2, -0.15) is 0 Å². The molecule has 0 aliphatic rings. The van der Waals surface area contributed by atoms with Gasteiger partial charge in [0.1, 0.15) is 19.8 Å². The molecule has 0 heterocycles. The summed E-state index contributed by atoms with van der Waals surface area (Å²) in [6, 6.07) is 0. The summed E-state index contributed by atoms with van der Waals surface area (Å²) in [7, 11) is 1.44. The highest BCUT2D eigenvalue weighted by Gasteiger charge is 2.27. The average molecular weight is 813 g/mol. The Kier molecular flexibility index (Phi) is 37.5. The standard InChI is InChI=1S/C46H86NO8P/c1-6-8-10-12-14-16-18-20-22-23-25-26-28-30-32-34-36-38-45(48)52-42-44(43-54-56(50,51)53-41-40-47(3,4)5)55-46(49)39-37-35-33-31-29-27-24-21-19-17-15-13-11-9-7-2/h25-26,29-32,44H,6-24,27-28,33-43H2,1-5H3/p+1/b26-25+,31-29+,32-30+/t44-/m1/s1. The van der Waals surface area contributed by atoms with Gasteiger partial charge in [0.15, 0.2) is 6.10 Å². The number of hydrogen-bond donors (Lipinski definition) is 1. The summed E-state index contributed by atoms with van der Waals surface area (Å²) >= 11 is 0. The molecule has 0 spiro atoms. The van der Waals surface area contributed by atoms with Crippen LogP contribution in [-0.4, -0.2) is 74.9 Å². The molecule has 0 radical (unpaired) electrons. The van der Waals surface area contributed by atoms with Crippen LogP contribution in [0.2, 0.25) is 0 Å². The lowest BCUT2D eigenvalue weighted by Gasteiger charge is -2.24. The lowest BCUT2D eigenvalue weighted by Crippen LogP contribution is -2.37. The lowest BCUT2D eigenvalue weighted by molar-refractivity contribution is -0.870. The maximum Gasteiger partial charge on any atom is 0.472 e. The van der Waals surface area contributed by atoms with Gasteiger partial charge in [0.2, 0.25) is 0 Å². The normalized spacial score (nSPS) is 13.9. The predicted molar refractivity (Wildman–Crippen MR) is 234 cm³/mol. The number of nitrogens with zero attached hydrogens (tertiary/aromatic N) is 1. The zero-order valence-corrected chi connectivity index (χ0v) is 37.8. The number of carbonyl (C=O) groups is 2. The number of rotatable bonds is 41. The van der Waals surface area contributed by atoms with Crippen molar-refractivity contribution in [1.29, 1.82) is 0 Å². The van der Waals surface area contributed by atoms with Crippen molar-refractivity contribution in [3.8, 4) is 0 Å². The van der Waals surface area contributed by atoms with Crippen LogP contribution in [0.1, 0.15) is 194 Å². The molecule has 0 saturated heterocycles. The Hall–Kier alpha value is -1.77. The first-order valence-corrected chi connectivity index (χ1v) is 24.2. The van der Waals surface area contributed by atoms with E-state index in [1.807, 2.05) is 21.1 Å². The molecule has 0 aliphatic heterocycles. The Balaban J connectivity index is 4.43. The number of esters is 2. The van der Waals surface area contributed by atoms with Crippen LogP contribution in [0, 0.1) is 0 Å². The van der Waals surface area contributed by atoms with Gasteiger partial charge in [-0.25, -0.2) is 4.57 Å². The van der Waals surface area contributed by atoms with Gasteiger partial charge in [-0.15, -0.1) is 0 Å². The van der Waals surface area contributed by atoms with Crippen molar-refractivity contribution >= 4 is 19.8 Å². The summed E-state index contributed by atoms with van der Waals surface area (Å²) in [5.74, 6) is -0.875. The van der Waals surface area contributed by atoms with Gasteiger partial charge < -0.3 is 18.9 Å². The third-order valence-electron chi connectivity index (χ3n) is 9.64. The fourth-order valence-corrected chi connectivity index (χ4v) is 6.79. The Morgan fingerprint density at radius 3 is 1.48 bits per heavy atom. The van der Waals surface area contributed by atoms with Crippen molar-refractivity contribution in [2.45, 2.75) is 200 Å². The molecule has 0 aliphatic carbocycles. The molecule has 0 amide bonds. The van der Waals surface area contributed by atoms with Crippen molar-refractivity contribution in [1.82, 2.24) is 0 Å². The molecule has 10 heteroatoms. The van der Waals surface area contributed by atoms with Gasteiger partial charge in [0.05, 0.1) is 27.7 Å². The highest BCUT2D eigenvalue weighted by atomic mass is 31.2. The Morgan fingerprint density at radius 2 is 0.982 bits per heavy atom. The number of quaternary nitrogens is 1. The minimum absolute atomic E-state index is 0.0223. The fourth-order valence-electron chi connectivity index (χ4n) is 6.05. The molecule has 0 aromatic heterocycles. The fraction of sp³-hybridized carbons (Fsp3) is 0.826. The Labute approximate surface area is 344 Å². The minimum Gasteiger partial charge on any atom is -0.462 e. The van der Waals surface area contributed by atoms with E-state index in [1.165, 1.54) is 116 Å². The van der Waals surface area contributed by atoms with Crippen molar-refractivity contribution in [3.05, 3.63) is 36.5 Å². The molecule has 0 saturated carbocycles. The van der Waals surface area contributed by atoms with Crippen LogP contribution < -0.4 is 0 Å². The maximum atomic E-state index is 12.7. The molecule has 0 bridgehead atoms. The Morgan fingerprint density at radius 1 is 0.554 bits per heavy atom. The molecule has 0 fully saturated rings. The third kappa shape index (κ3) is 41.9.